The molecule has 106 valence electrons. The summed E-state index contributed by atoms with van der Waals surface area (Å²) in [4.78, 5) is 16.4. The molecule has 3 rings (SSSR count). The fourth-order valence-electron chi connectivity index (χ4n) is 2.31. The average Bonchev–Trinajstić information content (AvgIpc) is 2.94. The first kappa shape index (κ1) is 13.6. The Labute approximate surface area is 125 Å². The summed E-state index contributed by atoms with van der Waals surface area (Å²) in [5.74, 6) is 0. The minimum Gasteiger partial charge on any atom is -0.379 e. The summed E-state index contributed by atoms with van der Waals surface area (Å²) in [7, 11) is 0. The fraction of sp³-hybridized carbons (Fsp3) is 0.133. The number of nitro groups is 1. The Kier molecular flexibility index (Phi) is 3.58. The van der Waals surface area contributed by atoms with Gasteiger partial charge in [0.25, 0.3) is 0 Å². The van der Waals surface area contributed by atoms with Crippen LogP contribution in [0.15, 0.2) is 59.8 Å². The molecule has 0 N–H and O–H groups in total. The molecule has 0 aliphatic carbocycles. The van der Waals surface area contributed by atoms with Gasteiger partial charge >= 0.3 is 6.04 Å². The van der Waals surface area contributed by atoms with Crippen molar-refractivity contribution in [3.63, 3.8) is 0 Å². The van der Waals surface area contributed by atoms with Crippen LogP contribution in [-0.4, -0.2) is 16.7 Å². The molecule has 6 heteroatoms. The lowest BCUT2D eigenvalue weighted by atomic mass is 9.95. The second-order valence-electron chi connectivity index (χ2n) is 4.65. The zero-order valence-electron chi connectivity index (χ0n) is 10.8. The summed E-state index contributed by atoms with van der Waals surface area (Å²) >= 11 is 5.84. The van der Waals surface area contributed by atoms with Crippen LogP contribution in [0.4, 0.5) is 0 Å². The number of oxime groups is 1. The Morgan fingerprint density at radius 2 is 1.76 bits per heavy atom. The van der Waals surface area contributed by atoms with E-state index in [1.165, 1.54) is 0 Å². The second kappa shape index (κ2) is 5.54. The van der Waals surface area contributed by atoms with Crippen LogP contribution in [0, 0.1) is 10.1 Å². The maximum absolute atomic E-state index is 11.5. The van der Waals surface area contributed by atoms with Gasteiger partial charge in [0.2, 0.25) is 6.10 Å². The van der Waals surface area contributed by atoms with Crippen LogP contribution < -0.4 is 0 Å². The van der Waals surface area contributed by atoms with Crippen molar-refractivity contribution in [1.29, 1.82) is 0 Å². The lowest BCUT2D eigenvalue weighted by Gasteiger charge is -2.12. The number of benzene rings is 2. The Balaban J connectivity index is 1.95. The van der Waals surface area contributed by atoms with Crippen LogP contribution in [0.2, 0.25) is 5.02 Å². The highest BCUT2D eigenvalue weighted by atomic mass is 35.5. The van der Waals surface area contributed by atoms with E-state index in [0.29, 0.717) is 21.9 Å². The molecule has 1 heterocycles. The van der Waals surface area contributed by atoms with Crippen LogP contribution in [0.25, 0.3) is 0 Å². The van der Waals surface area contributed by atoms with Crippen molar-refractivity contribution in [2.45, 2.75) is 12.1 Å². The SMILES string of the molecule is O=[N+]([O-])[C@H]1C(c2ccccc2)=NO[C@@H]1c1ccc(Cl)cc1. The maximum Gasteiger partial charge on any atom is 0.301 e. The zero-order chi connectivity index (χ0) is 14.8. The van der Waals surface area contributed by atoms with E-state index in [4.69, 9.17) is 16.4 Å². The van der Waals surface area contributed by atoms with Crippen molar-refractivity contribution in [3.05, 3.63) is 80.9 Å². The van der Waals surface area contributed by atoms with Crippen LogP contribution in [0.5, 0.6) is 0 Å². The molecule has 0 radical (unpaired) electrons. The molecule has 2 aromatic carbocycles. The van der Waals surface area contributed by atoms with Crippen molar-refractivity contribution >= 4 is 17.3 Å². The van der Waals surface area contributed by atoms with Gasteiger partial charge in [0, 0.05) is 21.1 Å². The third-order valence-corrected chi connectivity index (χ3v) is 3.58. The Morgan fingerprint density at radius 3 is 2.38 bits per heavy atom. The van der Waals surface area contributed by atoms with E-state index in [2.05, 4.69) is 5.16 Å². The second-order valence-corrected chi connectivity index (χ2v) is 5.09. The molecule has 5 nitrogen and oxygen atoms in total. The number of hydrogen-bond donors (Lipinski definition) is 0. The average molecular weight is 303 g/mol. The smallest absolute Gasteiger partial charge is 0.301 e. The summed E-state index contributed by atoms with van der Waals surface area (Å²) in [6.07, 6.45) is -0.743. The third-order valence-electron chi connectivity index (χ3n) is 3.33. The van der Waals surface area contributed by atoms with Gasteiger partial charge in [0.15, 0.2) is 5.71 Å². The van der Waals surface area contributed by atoms with E-state index < -0.39 is 12.1 Å². The van der Waals surface area contributed by atoms with Crippen molar-refractivity contribution in [2.24, 2.45) is 5.16 Å². The number of nitrogens with zero attached hydrogens (tertiary/aromatic N) is 2. The van der Waals surface area contributed by atoms with Gasteiger partial charge in [-0.3, -0.25) is 10.1 Å². The lowest BCUT2D eigenvalue weighted by Crippen LogP contribution is -2.32. The predicted octanol–water partition coefficient (Wildman–Crippen LogP) is 3.46. The summed E-state index contributed by atoms with van der Waals surface area (Å²) in [5, 5.41) is 16.0. The van der Waals surface area contributed by atoms with E-state index in [0.717, 1.165) is 0 Å². The highest BCUT2D eigenvalue weighted by molar-refractivity contribution is 6.30. The highest BCUT2D eigenvalue weighted by Gasteiger charge is 2.45. The normalized spacial score (nSPS) is 20.7. The molecule has 0 spiro atoms. The first-order chi connectivity index (χ1) is 10.2. The number of hydrogen-bond acceptors (Lipinski definition) is 4. The number of halogens is 1. The van der Waals surface area contributed by atoms with Crippen LogP contribution in [0.3, 0.4) is 0 Å². The van der Waals surface area contributed by atoms with Crippen molar-refractivity contribution in [1.82, 2.24) is 0 Å². The van der Waals surface area contributed by atoms with Crippen molar-refractivity contribution in [3.8, 4) is 0 Å². The zero-order valence-corrected chi connectivity index (χ0v) is 11.6. The molecule has 21 heavy (non-hydrogen) atoms. The molecule has 0 fully saturated rings. The molecule has 0 saturated heterocycles. The molecular formula is C15H11ClN2O3. The van der Waals surface area contributed by atoms with Crippen molar-refractivity contribution < 1.29 is 9.76 Å². The van der Waals surface area contributed by atoms with Gasteiger partial charge in [-0.25, -0.2) is 0 Å². The van der Waals surface area contributed by atoms with Gasteiger partial charge in [0.1, 0.15) is 0 Å². The van der Waals surface area contributed by atoms with Gasteiger partial charge in [0.05, 0.1) is 0 Å². The van der Waals surface area contributed by atoms with E-state index in [1.807, 2.05) is 18.2 Å². The first-order valence-corrected chi connectivity index (χ1v) is 6.72. The third kappa shape index (κ3) is 2.60. The predicted molar refractivity (Wildman–Crippen MR) is 79.0 cm³/mol. The molecule has 0 saturated carbocycles. The molecule has 0 aromatic heterocycles. The summed E-state index contributed by atoms with van der Waals surface area (Å²) in [6.45, 7) is 0. The molecule has 0 amide bonds. The molecule has 2 atom stereocenters. The molecule has 1 aliphatic rings. The summed E-state index contributed by atoms with van der Waals surface area (Å²) in [5.41, 5.74) is 1.70. The summed E-state index contributed by atoms with van der Waals surface area (Å²) in [6, 6.07) is 14.8. The number of rotatable bonds is 3. The van der Waals surface area contributed by atoms with Gasteiger partial charge in [-0.05, 0) is 12.1 Å². The largest absolute Gasteiger partial charge is 0.379 e. The van der Waals surface area contributed by atoms with Crippen LogP contribution >= 0.6 is 11.6 Å². The molecule has 0 unspecified atom stereocenters. The maximum atomic E-state index is 11.5. The van der Waals surface area contributed by atoms with Gasteiger partial charge in [-0.1, -0.05) is 59.2 Å². The highest BCUT2D eigenvalue weighted by Crippen LogP contribution is 2.32. The molecule has 1 aliphatic heterocycles. The minimum absolute atomic E-state index is 0.334. The standard InChI is InChI=1S/C15H11ClN2O3/c16-12-8-6-11(7-9-12)15-14(18(19)20)13(17-21-15)10-4-2-1-3-5-10/h1-9,14-15H/t14-,15+/m0/s1. The fourth-order valence-corrected chi connectivity index (χ4v) is 2.43. The van der Waals surface area contributed by atoms with E-state index in [9.17, 15) is 10.1 Å². The molecule has 2 aromatic rings. The lowest BCUT2D eigenvalue weighted by molar-refractivity contribution is -0.512. The van der Waals surface area contributed by atoms with Gasteiger partial charge in [-0.15, -0.1) is 0 Å². The molecular weight excluding hydrogens is 292 g/mol. The quantitative estimate of drug-likeness (QED) is 0.644. The van der Waals surface area contributed by atoms with E-state index in [1.54, 1.807) is 36.4 Å². The summed E-state index contributed by atoms with van der Waals surface area (Å²) < 4.78 is 0. The monoisotopic (exact) mass is 302 g/mol. The Morgan fingerprint density at radius 1 is 1.10 bits per heavy atom. The van der Waals surface area contributed by atoms with Gasteiger partial charge in [-0.2, -0.15) is 0 Å². The minimum atomic E-state index is -1.03. The topological polar surface area (TPSA) is 64.7 Å². The van der Waals surface area contributed by atoms with E-state index >= 15 is 0 Å². The molecule has 0 bridgehead atoms. The Hall–Kier alpha value is -2.40. The Bertz CT molecular complexity index is 686. The first-order valence-electron chi connectivity index (χ1n) is 6.35. The van der Waals surface area contributed by atoms with E-state index in [-0.39, 0.29) is 4.92 Å². The van der Waals surface area contributed by atoms with Crippen molar-refractivity contribution in [2.75, 3.05) is 0 Å². The van der Waals surface area contributed by atoms with Crippen LogP contribution in [0.1, 0.15) is 17.2 Å². The van der Waals surface area contributed by atoms with Gasteiger partial charge < -0.3 is 4.84 Å². The van der Waals surface area contributed by atoms with Crippen LogP contribution in [-0.2, 0) is 4.84 Å².